The molecule has 1 aromatic heterocycles. The first kappa shape index (κ1) is 6.76. The van der Waals surface area contributed by atoms with E-state index in [1.807, 2.05) is 0 Å². The highest BCUT2D eigenvalue weighted by molar-refractivity contribution is 5.21. The van der Waals surface area contributed by atoms with Gasteiger partial charge in [-0.25, -0.2) is 0 Å². The van der Waals surface area contributed by atoms with Crippen LogP contribution in [0.25, 0.3) is 0 Å². The van der Waals surface area contributed by atoms with Gasteiger partial charge in [-0.05, 0) is 0 Å². The largest absolute Gasteiger partial charge is 0.433 e. The fraction of sp³-hybridized carbons (Fsp3) is 0.200. The maximum Gasteiger partial charge on any atom is 0.433 e. The van der Waals surface area contributed by atoms with Gasteiger partial charge in [0.05, 0.1) is 12.7 Å². The molecule has 5 heteroatoms. The molecule has 0 fully saturated rings. The molecular weight excluding hydrogens is 138 g/mol. The predicted octanol–water partition coefficient (Wildman–Crippen LogP) is 0.680. The Hall–Kier alpha value is -1.36. The van der Waals surface area contributed by atoms with Crippen LogP contribution in [0.15, 0.2) is 16.7 Å². The third kappa shape index (κ3) is 1.14. The van der Waals surface area contributed by atoms with Crippen LogP contribution in [0.5, 0.6) is 0 Å². The number of hydrogen-bond donors (Lipinski definition) is 1. The third-order valence-electron chi connectivity index (χ3n) is 1.00. The molecule has 0 aliphatic carbocycles. The minimum Gasteiger partial charge on any atom is -0.409 e. The van der Waals surface area contributed by atoms with Gasteiger partial charge in [0, 0.05) is 5.56 Å². The maximum absolute atomic E-state index is 9.96. The van der Waals surface area contributed by atoms with Gasteiger partial charge in [-0.1, -0.05) is 0 Å². The van der Waals surface area contributed by atoms with Crippen molar-refractivity contribution in [3.63, 3.8) is 0 Å². The summed E-state index contributed by atoms with van der Waals surface area (Å²) in [6.07, 6.45) is 1.15. The van der Waals surface area contributed by atoms with Crippen molar-refractivity contribution >= 4 is 5.88 Å². The van der Waals surface area contributed by atoms with Gasteiger partial charge in [-0.3, -0.25) is 10.1 Å². The molecule has 0 aromatic carbocycles. The summed E-state index contributed by atoms with van der Waals surface area (Å²) in [6, 6.07) is 1.18. The normalized spacial score (nSPS) is 9.70. The van der Waals surface area contributed by atoms with Gasteiger partial charge in [0.1, 0.15) is 11.2 Å². The average Bonchev–Trinajstić information content (AvgIpc) is 2.34. The smallest absolute Gasteiger partial charge is 0.409 e. The van der Waals surface area contributed by atoms with Gasteiger partial charge in [-0.2, -0.15) is 0 Å². The maximum atomic E-state index is 9.96. The first-order chi connectivity index (χ1) is 4.74. The summed E-state index contributed by atoms with van der Waals surface area (Å²) in [6.45, 7) is -0.239. The lowest BCUT2D eigenvalue weighted by molar-refractivity contribution is -0.402. The summed E-state index contributed by atoms with van der Waals surface area (Å²) in [5.74, 6) is -0.343. The standard InChI is InChI=1S/C5H5NO4/c7-2-4-1-5(6(8)9)10-3-4/h1,3,7H,2H2. The van der Waals surface area contributed by atoms with Crippen molar-refractivity contribution in [2.45, 2.75) is 6.61 Å². The van der Waals surface area contributed by atoms with E-state index in [1.165, 1.54) is 6.07 Å². The topological polar surface area (TPSA) is 76.5 Å². The number of furan rings is 1. The highest BCUT2D eigenvalue weighted by atomic mass is 16.6. The molecule has 1 heterocycles. The van der Waals surface area contributed by atoms with Gasteiger partial charge in [0.25, 0.3) is 0 Å². The van der Waals surface area contributed by atoms with Crippen molar-refractivity contribution in [2.24, 2.45) is 0 Å². The Morgan fingerprint density at radius 1 is 1.80 bits per heavy atom. The molecule has 1 rings (SSSR count). The molecule has 0 aliphatic heterocycles. The molecule has 0 saturated heterocycles. The number of nitrogens with zero attached hydrogens (tertiary/aromatic N) is 1. The molecule has 0 spiro atoms. The van der Waals surface area contributed by atoms with Crippen molar-refractivity contribution in [2.75, 3.05) is 0 Å². The monoisotopic (exact) mass is 143 g/mol. The zero-order valence-electron chi connectivity index (χ0n) is 4.98. The Kier molecular flexibility index (Phi) is 1.68. The van der Waals surface area contributed by atoms with Crippen LogP contribution < -0.4 is 0 Å². The van der Waals surface area contributed by atoms with E-state index in [0.717, 1.165) is 6.26 Å². The van der Waals surface area contributed by atoms with E-state index in [2.05, 4.69) is 4.42 Å². The molecule has 0 aliphatic rings. The summed E-state index contributed by atoms with van der Waals surface area (Å²) in [7, 11) is 0. The van der Waals surface area contributed by atoms with Crippen LogP contribution in [0.4, 0.5) is 5.88 Å². The molecule has 0 saturated carbocycles. The Morgan fingerprint density at radius 2 is 2.50 bits per heavy atom. The van der Waals surface area contributed by atoms with Crippen LogP contribution in [0, 0.1) is 10.1 Å². The minimum absolute atomic E-state index is 0.239. The van der Waals surface area contributed by atoms with Crippen LogP contribution in [-0.4, -0.2) is 10.0 Å². The predicted molar refractivity (Wildman–Crippen MR) is 31.3 cm³/mol. The highest BCUT2D eigenvalue weighted by Crippen LogP contribution is 2.14. The molecule has 1 N–H and O–H groups in total. The molecule has 10 heavy (non-hydrogen) atoms. The lowest BCUT2D eigenvalue weighted by Crippen LogP contribution is -1.83. The molecule has 0 radical (unpaired) electrons. The lowest BCUT2D eigenvalue weighted by Gasteiger charge is -1.78. The Balaban J connectivity index is 2.88. The first-order valence-corrected chi connectivity index (χ1v) is 2.56. The first-order valence-electron chi connectivity index (χ1n) is 2.56. The zero-order chi connectivity index (χ0) is 7.56. The van der Waals surface area contributed by atoms with Gasteiger partial charge < -0.3 is 9.52 Å². The summed E-state index contributed by atoms with van der Waals surface area (Å²) >= 11 is 0. The van der Waals surface area contributed by atoms with Gasteiger partial charge in [0.15, 0.2) is 0 Å². The Labute approximate surface area is 56.0 Å². The number of aliphatic hydroxyl groups is 1. The highest BCUT2D eigenvalue weighted by Gasteiger charge is 2.10. The van der Waals surface area contributed by atoms with E-state index in [9.17, 15) is 10.1 Å². The van der Waals surface area contributed by atoms with E-state index in [-0.39, 0.29) is 12.5 Å². The lowest BCUT2D eigenvalue weighted by atomic mass is 10.4. The molecule has 5 nitrogen and oxygen atoms in total. The van der Waals surface area contributed by atoms with Crippen LogP contribution in [0.2, 0.25) is 0 Å². The minimum atomic E-state index is -0.654. The average molecular weight is 143 g/mol. The summed E-state index contributed by atoms with van der Waals surface area (Å²) in [4.78, 5) is 9.31. The second-order valence-electron chi connectivity index (χ2n) is 1.71. The SMILES string of the molecule is O=[N+]([O-])c1cc(CO)co1. The number of nitro groups is 1. The van der Waals surface area contributed by atoms with Crippen LogP contribution >= 0.6 is 0 Å². The number of rotatable bonds is 2. The van der Waals surface area contributed by atoms with Gasteiger partial charge in [0.2, 0.25) is 0 Å². The molecule has 1 aromatic rings. The summed E-state index contributed by atoms with van der Waals surface area (Å²) in [5, 5.41) is 18.4. The number of hydrogen-bond acceptors (Lipinski definition) is 4. The Morgan fingerprint density at radius 3 is 2.80 bits per heavy atom. The molecular formula is C5H5NO4. The van der Waals surface area contributed by atoms with Crippen molar-refractivity contribution < 1.29 is 14.4 Å². The van der Waals surface area contributed by atoms with E-state index in [4.69, 9.17) is 5.11 Å². The summed E-state index contributed by atoms with van der Waals surface area (Å²) < 4.78 is 4.46. The van der Waals surface area contributed by atoms with Gasteiger partial charge in [-0.15, -0.1) is 0 Å². The quantitative estimate of drug-likeness (QED) is 0.487. The fourth-order valence-corrected chi connectivity index (χ4v) is 0.541. The van der Waals surface area contributed by atoms with E-state index >= 15 is 0 Å². The number of aliphatic hydroxyl groups excluding tert-OH is 1. The molecule has 0 unspecified atom stereocenters. The van der Waals surface area contributed by atoms with Crippen molar-refractivity contribution in [1.29, 1.82) is 0 Å². The van der Waals surface area contributed by atoms with Crippen LogP contribution in [0.3, 0.4) is 0 Å². The van der Waals surface area contributed by atoms with Crippen molar-refractivity contribution in [1.82, 2.24) is 0 Å². The van der Waals surface area contributed by atoms with E-state index in [0.29, 0.717) is 5.56 Å². The van der Waals surface area contributed by atoms with Crippen LogP contribution in [0.1, 0.15) is 5.56 Å². The molecule has 54 valence electrons. The van der Waals surface area contributed by atoms with Crippen LogP contribution in [-0.2, 0) is 6.61 Å². The molecule has 0 bridgehead atoms. The second-order valence-corrected chi connectivity index (χ2v) is 1.71. The fourth-order valence-electron chi connectivity index (χ4n) is 0.541. The molecule has 0 atom stereocenters. The van der Waals surface area contributed by atoms with E-state index in [1.54, 1.807) is 0 Å². The van der Waals surface area contributed by atoms with Gasteiger partial charge >= 0.3 is 5.88 Å². The second kappa shape index (κ2) is 2.49. The van der Waals surface area contributed by atoms with Crippen molar-refractivity contribution in [3.05, 3.63) is 28.0 Å². The van der Waals surface area contributed by atoms with Crippen molar-refractivity contribution in [3.8, 4) is 0 Å². The summed E-state index contributed by atoms with van der Waals surface area (Å²) in [5.41, 5.74) is 0.409. The zero-order valence-corrected chi connectivity index (χ0v) is 4.98. The Bertz CT molecular complexity index is 242. The van der Waals surface area contributed by atoms with E-state index < -0.39 is 4.92 Å². The third-order valence-corrected chi connectivity index (χ3v) is 1.00. The molecule has 0 amide bonds.